The monoisotopic (exact) mass is 345 g/mol. The molecule has 0 fully saturated rings. The number of hydrogen-bond acceptors (Lipinski definition) is 3. The summed E-state index contributed by atoms with van der Waals surface area (Å²) in [6, 6.07) is 13.3. The number of carbonyl (C=O) groups excluding carboxylic acids is 1. The molecule has 5 heteroatoms. The van der Waals surface area contributed by atoms with Gasteiger partial charge in [-0.2, -0.15) is 0 Å². The van der Waals surface area contributed by atoms with Crippen LogP contribution in [0.2, 0.25) is 5.02 Å². The van der Waals surface area contributed by atoms with Crippen LogP contribution in [0.4, 0.5) is 0 Å². The minimum absolute atomic E-state index is 0.00249. The number of amides is 1. The number of nitrogens with one attached hydrogen (secondary N) is 1. The molecule has 1 heterocycles. The number of hydrogen-bond donors (Lipinski definition) is 1. The number of benzene rings is 2. The van der Waals surface area contributed by atoms with Crippen molar-refractivity contribution in [2.75, 3.05) is 13.2 Å². The highest BCUT2D eigenvalue weighted by Crippen LogP contribution is 2.32. The Kier molecular flexibility index (Phi) is 5.26. The van der Waals surface area contributed by atoms with Crippen molar-refractivity contribution in [3.8, 4) is 11.5 Å². The minimum Gasteiger partial charge on any atom is -0.486 e. The molecule has 3 rings (SSSR count). The molecule has 2 aromatic rings. The number of halogens is 1. The van der Waals surface area contributed by atoms with Gasteiger partial charge in [-0.1, -0.05) is 35.9 Å². The first-order chi connectivity index (χ1) is 11.6. The van der Waals surface area contributed by atoms with Crippen molar-refractivity contribution in [1.29, 1.82) is 0 Å². The van der Waals surface area contributed by atoms with Gasteiger partial charge in [0.15, 0.2) is 11.5 Å². The third-order valence-corrected chi connectivity index (χ3v) is 4.39. The van der Waals surface area contributed by atoms with Gasteiger partial charge in [0.2, 0.25) is 5.91 Å². The van der Waals surface area contributed by atoms with Crippen LogP contribution < -0.4 is 14.8 Å². The highest BCUT2D eigenvalue weighted by atomic mass is 35.5. The SMILES string of the molecule is C[C@@H](NC(=O)CCc1ccccc1Cl)c1ccc2c(c1)OCCO2. The maximum absolute atomic E-state index is 12.2. The van der Waals surface area contributed by atoms with Crippen molar-refractivity contribution >= 4 is 17.5 Å². The summed E-state index contributed by atoms with van der Waals surface area (Å²) in [6.45, 7) is 3.08. The van der Waals surface area contributed by atoms with Gasteiger partial charge in [0, 0.05) is 11.4 Å². The maximum Gasteiger partial charge on any atom is 0.220 e. The molecule has 0 spiro atoms. The Labute approximate surface area is 146 Å². The molecule has 1 amide bonds. The van der Waals surface area contributed by atoms with Crippen LogP contribution in [0.15, 0.2) is 42.5 Å². The standard InChI is InChI=1S/C19H20ClNO3/c1-13(15-6-8-17-18(12-15)24-11-10-23-17)21-19(22)9-7-14-4-2-3-5-16(14)20/h2-6,8,12-13H,7,9-11H2,1H3,(H,21,22)/t13-/m1/s1. The Balaban J connectivity index is 1.57. The zero-order chi connectivity index (χ0) is 16.9. The van der Waals surface area contributed by atoms with E-state index in [9.17, 15) is 4.79 Å². The third kappa shape index (κ3) is 4.01. The molecule has 0 saturated heterocycles. The van der Waals surface area contributed by atoms with Crippen LogP contribution in [-0.4, -0.2) is 19.1 Å². The van der Waals surface area contributed by atoms with Gasteiger partial charge < -0.3 is 14.8 Å². The Morgan fingerprint density at radius 3 is 2.71 bits per heavy atom. The van der Waals surface area contributed by atoms with E-state index in [4.69, 9.17) is 21.1 Å². The van der Waals surface area contributed by atoms with Gasteiger partial charge in [-0.25, -0.2) is 0 Å². The maximum atomic E-state index is 12.2. The van der Waals surface area contributed by atoms with Gasteiger partial charge in [0.1, 0.15) is 13.2 Å². The molecule has 0 unspecified atom stereocenters. The lowest BCUT2D eigenvalue weighted by molar-refractivity contribution is -0.121. The molecule has 126 valence electrons. The molecule has 1 N–H and O–H groups in total. The van der Waals surface area contributed by atoms with Crippen LogP contribution in [0.5, 0.6) is 11.5 Å². The van der Waals surface area contributed by atoms with Gasteiger partial charge in [-0.15, -0.1) is 0 Å². The van der Waals surface area contributed by atoms with Crippen LogP contribution >= 0.6 is 11.6 Å². The van der Waals surface area contributed by atoms with Crippen LogP contribution in [0.25, 0.3) is 0 Å². The summed E-state index contributed by atoms with van der Waals surface area (Å²) in [5.74, 6) is 1.48. The third-order valence-electron chi connectivity index (χ3n) is 4.02. The molecule has 1 aliphatic heterocycles. The van der Waals surface area contributed by atoms with Gasteiger partial charge in [0.05, 0.1) is 6.04 Å². The lowest BCUT2D eigenvalue weighted by atomic mass is 10.1. The highest BCUT2D eigenvalue weighted by molar-refractivity contribution is 6.31. The zero-order valence-electron chi connectivity index (χ0n) is 13.5. The van der Waals surface area contributed by atoms with Crippen LogP contribution in [0, 0.1) is 0 Å². The Morgan fingerprint density at radius 2 is 1.92 bits per heavy atom. The molecule has 2 aromatic carbocycles. The molecule has 0 aliphatic carbocycles. The molecular weight excluding hydrogens is 326 g/mol. The van der Waals surface area contributed by atoms with Crippen molar-refractivity contribution in [2.45, 2.75) is 25.8 Å². The number of carbonyl (C=O) groups is 1. The lowest BCUT2D eigenvalue weighted by Crippen LogP contribution is -2.27. The normalized spacial score (nSPS) is 14.1. The summed E-state index contributed by atoms with van der Waals surface area (Å²) in [4.78, 5) is 12.2. The lowest BCUT2D eigenvalue weighted by Gasteiger charge is -2.21. The second-order valence-corrected chi connectivity index (χ2v) is 6.19. The molecule has 0 bridgehead atoms. The number of ether oxygens (including phenoxy) is 2. The van der Waals surface area contributed by atoms with E-state index in [0.717, 1.165) is 22.6 Å². The highest BCUT2D eigenvalue weighted by Gasteiger charge is 2.16. The van der Waals surface area contributed by atoms with E-state index in [1.54, 1.807) is 0 Å². The Hall–Kier alpha value is -2.20. The Morgan fingerprint density at radius 1 is 1.17 bits per heavy atom. The number of fused-ring (bicyclic) bond motifs is 1. The van der Waals surface area contributed by atoms with E-state index in [1.807, 2.05) is 49.4 Å². The first-order valence-corrected chi connectivity index (χ1v) is 8.43. The van der Waals surface area contributed by atoms with Crippen LogP contribution in [-0.2, 0) is 11.2 Å². The van der Waals surface area contributed by atoms with E-state index < -0.39 is 0 Å². The molecule has 1 atom stereocenters. The summed E-state index contributed by atoms with van der Waals surface area (Å²) in [5.41, 5.74) is 1.98. The van der Waals surface area contributed by atoms with Gasteiger partial charge in [0.25, 0.3) is 0 Å². The van der Waals surface area contributed by atoms with Crippen molar-refractivity contribution in [2.24, 2.45) is 0 Å². The summed E-state index contributed by atoms with van der Waals surface area (Å²) in [6.07, 6.45) is 1.03. The topological polar surface area (TPSA) is 47.6 Å². The molecular formula is C19H20ClNO3. The van der Waals surface area contributed by atoms with Crippen molar-refractivity contribution in [1.82, 2.24) is 5.32 Å². The summed E-state index contributed by atoms with van der Waals surface area (Å²) in [5, 5.41) is 3.71. The largest absolute Gasteiger partial charge is 0.486 e. The average Bonchev–Trinajstić information content (AvgIpc) is 2.60. The fraction of sp³-hybridized carbons (Fsp3) is 0.316. The van der Waals surface area contributed by atoms with Gasteiger partial charge >= 0.3 is 0 Å². The molecule has 1 aliphatic rings. The average molecular weight is 346 g/mol. The quantitative estimate of drug-likeness (QED) is 0.893. The fourth-order valence-electron chi connectivity index (χ4n) is 2.68. The van der Waals surface area contributed by atoms with E-state index in [0.29, 0.717) is 31.1 Å². The van der Waals surface area contributed by atoms with Crippen molar-refractivity contribution < 1.29 is 14.3 Å². The van der Waals surface area contributed by atoms with E-state index in [2.05, 4.69) is 5.32 Å². The van der Waals surface area contributed by atoms with Gasteiger partial charge in [-0.05, 0) is 42.7 Å². The molecule has 0 saturated carbocycles. The number of aryl methyl sites for hydroxylation is 1. The van der Waals surface area contributed by atoms with Crippen LogP contribution in [0.3, 0.4) is 0 Å². The molecule has 24 heavy (non-hydrogen) atoms. The van der Waals surface area contributed by atoms with E-state index in [1.165, 1.54) is 0 Å². The Bertz CT molecular complexity index is 732. The molecule has 0 aromatic heterocycles. The van der Waals surface area contributed by atoms with Crippen LogP contribution in [0.1, 0.15) is 30.5 Å². The summed E-state index contributed by atoms with van der Waals surface area (Å²) < 4.78 is 11.1. The fourth-order valence-corrected chi connectivity index (χ4v) is 2.91. The van der Waals surface area contributed by atoms with Crippen molar-refractivity contribution in [3.05, 3.63) is 58.6 Å². The molecule has 0 radical (unpaired) electrons. The second-order valence-electron chi connectivity index (χ2n) is 5.78. The van der Waals surface area contributed by atoms with Gasteiger partial charge in [-0.3, -0.25) is 4.79 Å². The zero-order valence-corrected chi connectivity index (χ0v) is 14.3. The summed E-state index contributed by atoms with van der Waals surface area (Å²) >= 11 is 6.12. The number of rotatable bonds is 5. The van der Waals surface area contributed by atoms with E-state index >= 15 is 0 Å². The smallest absolute Gasteiger partial charge is 0.220 e. The molecule has 4 nitrogen and oxygen atoms in total. The van der Waals surface area contributed by atoms with Crippen molar-refractivity contribution in [3.63, 3.8) is 0 Å². The predicted octanol–water partition coefficient (Wildman–Crippen LogP) is 3.92. The second kappa shape index (κ2) is 7.58. The summed E-state index contributed by atoms with van der Waals surface area (Å²) in [7, 11) is 0. The first-order valence-electron chi connectivity index (χ1n) is 8.06. The minimum atomic E-state index is -0.0976. The first kappa shape index (κ1) is 16.7. The van der Waals surface area contributed by atoms with E-state index in [-0.39, 0.29) is 11.9 Å². The predicted molar refractivity (Wildman–Crippen MR) is 93.8 cm³/mol.